The van der Waals surface area contributed by atoms with Crippen LogP contribution < -0.4 is 4.90 Å². The minimum atomic E-state index is 0.921. The van der Waals surface area contributed by atoms with Crippen molar-refractivity contribution in [2.75, 3.05) is 4.90 Å². The number of hydrogen-bond donors (Lipinski definition) is 0. The molecule has 0 aliphatic rings. The standard InChI is InChI=1S/C56H37NO/c1-2-10-38(11-3-1)40-26-31-47(32-27-40)57(49-15-8-14-46(36-49)51-18-9-13-43-12-4-5-16-50(43)51)48-33-28-41(29-34-48)39-20-22-42(23-21-39)45-25-24-44-30-35-55-56(53(44)37-45)52-17-6-7-19-54(52)58-55/h1-37H. The molecule has 0 unspecified atom stereocenters. The summed E-state index contributed by atoms with van der Waals surface area (Å²) in [5, 5.41) is 7.24. The van der Waals surface area contributed by atoms with E-state index in [9.17, 15) is 0 Å². The van der Waals surface area contributed by atoms with Crippen molar-refractivity contribution in [3.8, 4) is 44.5 Å². The molecule has 272 valence electrons. The number of para-hydroxylation sites is 1. The van der Waals surface area contributed by atoms with E-state index in [0.29, 0.717) is 0 Å². The van der Waals surface area contributed by atoms with Crippen LogP contribution in [0.3, 0.4) is 0 Å². The third-order valence-electron chi connectivity index (χ3n) is 11.5. The van der Waals surface area contributed by atoms with E-state index in [1.54, 1.807) is 0 Å². The Labute approximate surface area is 337 Å². The second-order valence-corrected chi connectivity index (χ2v) is 14.9. The van der Waals surface area contributed by atoms with Gasteiger partial charge in [0.05, 0.1) is 0 Å². The van der Waals surface area contributed by atoms with E-state index in [2.05, 4.69) is 217 Å². The molecule has 11 aromatic rings. The van der Waals surface area contributed by atoms with Crippen LogP contribution in [-0.2, 0) is 0 Å². The summed E-state index contributed by atoms with van der Waals surface area (Å²) in [7, 11) is 0. The van der Waals surface area contributed by atoms with Gasteiger partial charge >= 0.3 is 0 Å². The molecule has 2 nitrogen and oxygen atoms in total. The molecule has 0 aliphatic heterocycles. The van der Waals surface area contributed by atoms with Gasteiger partial charge in [-0.3, -0.25) is 0 Å². The van der Waals surface area contributed by atoms with Gasteiger partial charge in [0, 0.05) is 27.8 Å². The van der Waals surface area contributed by atoms with Crippen LogP contribution in [0.5, 0.6) is 0 Å². The van der Waals surface area contributed by atoms with E-state index >= 15 is 0 Å². The van der Waals surface area contributed by atoms with Crippen molar-refractivity contribution in [2.24, 2.45) is 0 Å². The fourth-order valence-corrected chi connectivity index (χ4v) is 8.55. The molecule has 0 radical (unpaired) electrons. The van der Waals surface area contributed by atoms with Crippen LogP contribution in [0.1, 0.15) is 0 Å². The second-order valence-electron chi connectivity index (χ2n) is 14.9. The first kappa shape index (κ1) is 33.6. The van der Waals surface area contributed by atoms with E-state index in [-0.39, 0.29) is 0 Å². The number of anilines is 3. The minimum Gasteiger partial charge on any atom is -0.456 e. The maximum atomic E-state index is 6.20. The minimum absolute atomic E-state index is 0.921. The van der Waals surface area contributed by atoms with Crippen molar-refractivity contribution in [3.63, 3.8) is 0 Å². The SMILES string of the molecule is c1ccc(-c2ccc(N(c3ccc(-c4ccc(-c5ccc6ccc7oc8ccccc8c7c6c5)cc4)cc3)c3cccc(-c4cccc5ccccc45)c3)cc2)cc1. The lowest BCUT2D eigenvalue weighted by molar-refractivity contribution is 0.669. The molecule has 2 heteroatoms. The van der Waals surface area contributed by atoms with Crippen LogP contribution >= 0.6 is 0 Å². The molecule has 0 saturated carbocycles. The fourth-order valence-electron chi connectivity index (χ4n) is 8.55. The molecule has 1 aromatic heterocycles. The number of fused-ring (bicyclic) bond motifs is 6. The zero-order valence-corrected chi connectivity index (χ0v) is 31.7. The molecule has 0 aliphatic carbocycles. The van der Waals surface area contributed by atoms with Crippen molar-refractivity contribution in [3.05, 3.63) is 224 Å². The molecule has 0 spiro atoms. The third kappa shape index (κ3) is 6.00. The predicted molar refractivity (Wildman–Crippen MR) is 245 cm³/mol. The van der Waals surface area contributed by atoms with Crippen molar-refractivity contribution in [1.29, 1.82) is 0 Å². The lowest BCUT2D eigenvalue weighted by atomic mass is 9.96. The highest BCUT2D eigenvalue weighted by Gasteiger charge is 2.16. The van der Waals surface area contributed by atoms with Gasteiger partial charge in [-0.15, -0.1) is 0 Å². The van der Waals surface area contributed by atoms with Crippen molar-refractivity contribution in [1.82, 2.24) is 0 Å². The van der Waals surface area contributed by atoms with Crippen LogP contribution in [0.15, 0.2) is 229 Å². The van der Waals surface area contributed by atoms with E-state index in [4.69, 9.17) is 4.42 Å². The molecular weight excluding hydrogens is 703 g/mol. The van der Waals surface area contributed by atoms with Crippen molar-refractivity contribution in [2.45, 2.75) is 0 Å². The van der Waals surface area contributed by atoms with Gasteiger partial charge in [0.15, 0.2) is 0 Å². The Kier molecular flexibility index (Phi) is 8.19. The Bertz CT molecular complexity index is 3250. The monoisotopic (exact) mass is 739 g/mol. The first-order valence-corrected chi connectivity index (χ1v) is 19.8. The van der Waals surface area contributed by atoms with Crippen LogP contribution in [0.2, 0.25) is 0 Å². The molecule has 0 fully saturated rings. The van der Waals surface area contributed by atoms with Gasteiger partial charge in [-0.2, -0.15) is 0 Å². The van der Waals surface area contributed by atoms with Gasteiger partial charge in [-0.1, -0.05) is 170 Å². The average Bonchev–Trinajstić information content (AvgIpc) is 3.69. The Balaban J connectivity index is 0.940. The smallest absolute Gasteiger partial charge is 0.136 e. The number of benzene rings is 10. The largest absolute Gasteiger partial charge is 0.456 e. The fraction of sp³-hybridized carbons (Fsp3) is 0. The molecule has 1 heterocycles. The van der Waals surface area contributed by atoms with Crippen molar-refractivity contribution >= 4 is 60.5 Å². The van der Waals surface area contributed by atoms with Gasteiger partial charge < -0.3 is 9.32 Å². The number of furan rings is 1. The Morgan fingerprint density at radius 1 is 0.276 bits per heavy atom. The Morgan fingerprint density at radius 2 is 0.793 bits per heavy atom. The number of nitrogens with zero attached hydrogens (tertiary/aromatic N) is 1. The van der Waals surface area contributed by atoms with Gasteiger partial charge in [0.1, 0.15) is 11.2 Å². The average molecular weight is 740 g/mol. The zero-order chi connectivity index (χ0) is 38.4. The maximum absolute atomic E-state index is 6.20. The van der Waals surface area contributed by atoms with Gasteiger partial charge in [-0.05, 0) is 121 Å². The molecule has 0 atom stereocenters. The molecule has 10 aromatic carbocycles. The summed E-state index contributed by atoms with van der Waals surface area (Å²) in [5.41, 5.74) is 14.7. The summed E-state index contributed by atoms with van der Waals surface area (Å²) in [6, 6.07) is 80.7. The topological polar surface area (TPSA) is 16.4 Å². The Morgan fingerprint density at radius 3 is 1.53 bits per heavy atom. The second kappa shape index (κ2) is 14.1. The molecule has 58 heavy (non-hydrogen) atoms. The van der Waals surface area contributed by atoms with E-state index < -0.39 is 0 Å². The number of hydrogen-bond acceptors (Lipinski definition) is 2. The van der Waals surface area contributed by atoms with E-state index in [1.807, 2.05) is 12.1 Å². The highest BCUT2D eigenvalue weighted by Crippen LogP contribution is 2.40. The van der Waals surface area contributed by atoms with Gasteiger partial charge in [0.25, 0.3) is 0 Å². The summed E-state index contributed by atoms with van der Waals surface area (Å²) >= 11 is 0. The van der Waals surface area contributed by atoms with Crippen LogP contribution in [-0.4, -0.2) is 0 Å². The third-order valence-corrected chi connectivity index (χ3v) is 11.5. The van der Waals surface area contributed by atoms with Crippen LogP contribution in [0.4, 0.5) is 17.1 Å². The summed E-state index contributed by atoms with van der Waals surface area (Å²) in [6.07, 6.45) is 0. The quantitative estimate of drug-likeness (QED) is 0.162. The van der Waals surface area contributed by atoms with Gasteiger partial charge in [-0.25, -0.2) is 0 Å². The molecule has 0 bridgehead atoms. The molecule has 0 amide bonds. The van der Waals surface area contributed by atoms with Gasteiger partial charge in [0.2, 0.25) is 0 Å². The lowest BCUT2D eigenvalue weighted by Gasteiger charge is -2.26. The highest BCUT2D eigenvalue weighted by atomic mass is 16.3. The summed E-state index contributed by atoms with van der Waals surface area (Å²) in [6.45, 7) is 0. The first-order valence-electron chi connectivity index (χ1n) is 19.8. The summed E-state index contributed by atoms with van der Waals surface area (Å²) < 4.78 is 6.20. The first-order chi connectivity index (χ1) is 28.7. The normalized spacial score (nSPS) is 11.4. The van der Waals surface area contributed by atoms with E-state index in [0.717, 1.165) is 33.6 Å². The van der Waals surface area contributed by atoms with Crippen LogP contribution in [0.25, 0.3) is 88.0 Å². The van der Waals surface area contributed by atoms with E-state index in [1.165, 1.54) is 71.4 Å². The maximum Gasteiger partial charge on any atom is 0.136 e. The molecule has 11 rings (SSSR count). The molecular formula is C56H37NO. The van der Waals surface area contributed by atoms with Crippen LogP contribution in [0, 0.1) is 0 Å². The Hall–Kier alpha value is -7.68. The summed E-state index contributed by atoms with van der Waals surface area (Å²) in [4.78, 5) is 2.36. The van der Waals surface area contributed by atoms with Crippen molar-refractivity contribution < 1.29 is 4.42 Å². The predicted octanol–water partition coefficient (Wildman–Crippen LogP) is 16.0. The number of rotatable bonds is 7. The zero-order valence-electron chi connectivity index (χ0n) is 31.7. The molecule has 0 N–H and O–H groups in total. The summed E-state index contributed by atoms with van der Waals surface area (Å²) in [5.74, 6) is 0. The molecule has 0 saturated heterocycles. The highest BCUT2D eigenvalue weighted by molar-refractivity contribution is 6.19. The lowest BCUT2D eigenvalue weighted by Crippen LogP contribution is -2.10.